The van der Waals surface area contributed by atoms with Crippen molar-refractivity contribution in [2.24, 2.45) is 17.6 Å². The number of nitrogens with two attached hydrogens (primary N) is 1. The Balaban J connectivity index is 2.37. The van der Waals surface area contributed by atoms with Gasteiger partial charge in [-0.3, -0.25) is 4.90 Å². The molecule has 0 radical (unpaired) electrons. The maximum Gasteiger partial charge on any atom is 0.0220 e. The molecule has 0 saturated carbocycles. The zero-order valence-electron chi connectivity index (χ0n) is 14.3. The predicted octanol–water partition coefficient (Wildman–Crippen LogP) is 2.80. The summed E-state index contributed by atoms with van der Waals surface area (Å²) >= 11 is 0. The molecule has 1 heterocycles. The van der Waals surface area contributed by atoms with Crippen LogP contribution >= 0.6 is 0 Å². The van der Waals surface area contributed by atoms with Crippen LogP contribution in [0, 0.1) is 11.8 Å². The van der Waals surface area contributed by atoms with E-state index in [1.54, 1.807) is 0 Å². The van der Waals surface area contributed by atoms with Gasteiger partial charge in [-0.25, -0.2) is 0 Å². The number of rotatable bonds is 8. The molecule has 2 unspecified atom stereocenters. The zero-order chi connectivity index (χ0) is 15.0. The van der Waals surface area contributed by atoms with Crippen molar-refractivity contribution in [1.82, 2.24) is 9.80 Å². The summed E-state index contributed by atoms with van der Waals surface area (Å²) in [7, 11) is 2.27. The van der Waals surface area contributed by atoms with Gasteiger partial charge in [-0.05, 0) is 77.2 Å². The highest BCUT2D eigenvalue weighted by molar-refractivity contribution is 4.78. The van der Waals surface area contributed by atoms with Crippen molar-refractivity contribution in [3.63, 3.8) is 0 Å². The minimum atomic E-state index is 0.759. The lowest BCUT2D eigenvalue weighted by Gasteiger charge is -2.31. The second kappa shape index (κ2) is 9.75. The smallest absolute Gasteiger partial charge is 0.0220 e. The Hall–Kier alpha value is -0.120. The molecule has 0 aromatic heterocycles. The fraction of sp³-hybridized carbons (Fsp3) is 1.00. The summed E-state index contributed by atoms with van der Waals surface area (Å²) in [4.78, 5) is 5.24. The molecular formula is C17H37N3. The van der Waals surface area contributed by atoms with Crippen molar-refractivity contribution in [2.75, 3.05) is 39.8 Å². The van der Waals surface area contributed by atoms with Crippen LogP contribution in [-0.4, -0.2) is 55.6 Å². The quantitative estimate of drug-likeness (QED) is 0.743. The van der Waals surface area contributed by atoms with E-state index in [2.05, 4.69) is 37.6 Å². The lowest BCUT2D eigenvalue weighted by Crippen LogP contribution is -2.40. The topological polar surface area (TPSA) is 32.5 Å². The highest BCUT2D eigenvalue weighted by Crippen LogP contribution is 2.21. The SMILES string of the molecule is CCC1CN(C)CCCN1CCCC(CCN)C(C)C. The van der Waals surface area contributed by atoms with E-state index in [1.165, 1.54) is 58.3 Å². The van der Waals surface area contributed by atoms with Gasteiger partial charge in [-0.1, -0.05) is 20.8 Å². The van der Waals surface area contributed by atoms with Crippen LogP contribution in [0.1, 0.15) is 52.9 Å². The third-order valence-corrected chi connectivity index (χ3v) is 5.00. The van der Waals surface area contributed by atoms with E-state index in [0.717, 1.165) is 24.4 Å². The predicted molar refractivity (Wildman–Crippen MR) is 89.0 cm³/mol. The Morgan fingerprint density at radius 3 is 2.55 bits per heavy atom. The Kier molecular flexibility index (Phi) is 8.74. The van der Waals surface area contributed by atoms with Crippen LogP contribution in [0.3, 0.4) is 0 Å². The maximum absolute atomic E-state index is 5.75. The van der Waals surface area contributed by atoms with Gasteiger partial charge < -0.3 is 10.6 Å². The lowest BCUT2D eigenvalue weighted by atomic mass is 9.88. The molecule has 0 spiro atoms. The molecule has 0 aromatic rings. The Morgan fingerprint density at radius 1 is 1.20 bits per heavy atom. The van der Waals surface area contributed by atoms with Gasteiger partial charge in [0, 0.05) is 12.6 Å². The molecule has 1 rings (SSSR count). The van der Waals surface area contributed by atoms with Crippen LogP contribution in [-0.2, 0) is 0 Å². The maximum atomic E-state index is 5.75. The molecule has 2 atom stereocenters. The first kappa shape index (κ1) is 17.9. The fourth-order valence-electron chi connectivity index (χ4n) is 3.56. The van der Waals surface area contributed by atoms with E-state index in [1.807, 2.05) is 0 Å². The molecule has 0 bridgehead atoms. The van der Waals surface area contributed by atoms with E-state index in [4.69, 9.17) is 5.73 Å². The molecule has 2 N–H and O–H groups in total. The van der Waals surface area contributed by atoms with Gasteiger partial charge in [0.15, 0.2) is 0 Å². The molecule has 0 aliphatic carbocycles. The highest BCUT2D eigenvalue weighted by atomic mass is 15.2. The molecule has 120 valence electrons. The van der Waals surface area contributed by atoms with Crippen LogP contribution in [0.15, 0.2) is 0 Å². The van der Waals surface area contributed by atoms with Crippen molar-refractivity contribution in [2.45, 2.75) is 58.9 Å². The number of likely N-dealkylation sites (N-methyl/N-ethyl adjacent to an activating group) is 1. The van der Waals surface area contributed by atoms with Crippen molar-refractivity contribution in [3.05, 3.63) is 0 Å². The molecule has 1 aliphatic heterocycles. The summed E-state index contributed by atoms with van der Waals surface area (Å²) in [6.07, 6.45) is 6.47. The van der Waals surface area contributed by atoms with Crippen molar-refractivity contribution >= 4 is 0 Å². The summed E-state index contributed by atoms with van der Waals surface area (Å²) in [6.45, 7) is 12.9. The first-order valence-electron chi connectivity index (χ1n) is 8.71. The number of hydrogen-bond donors (Lipinski definition) is 1. The summed E-state index contributed by atoms with van der Waals surface area (Å²) in [6, 6.07) is 0.759. The van der Waals surface area contributed by atoms with Gasteiger partial charge >= 0.3 is 0 Å². The Labute approximate surface area is 126 Å². The largest absolute Gasteiger partial charge is 0.330 e. The van der Waals surface area contributed by atoms with E-state index < -0.39 is 0 Å². The van der Waals surface area contributed by atoms with Crippen LogP contribution in [0.25, 0.3) is 0 Å². The van der Waals surface area contributed by atoms with Crippen LogP contribution in [0.4, 0.5) is 0 Å². The van der Waals surface area contributed by atoms with E-state index in [9.17, 15) is 0 Å². The Morgan fingerprint density at radius 2 is 1.95 bits per heavy atom. The normalized spacial score (nSPS) is 24.0. The van der Waals surface area contributed by atoms with E-state index in [-0.39, 0.29) is 0 Å². The van der Waals surface area contributed by atoms with Crippen LogP contribution in [0.5, 0.6) is 0 Å². The van der Waals surface area contributed by atoms with E-state index >= 15 is 0 Å². The van der Waals surface area contributed by atoms with Gasteiger partial charge in [0.2, 0.25) is 0 Å². The molecule has 1 saturated heterocycles. The van der Waals surface area contributed by atoms with Crippen molar-refractivity contribution < 1.29 is 0 Å². The molecule has 1 aliphatic rings. The summed E-state index contributed by atoms with van der Waals surface area (Å²) in [5.74, 6) is 1.59. The lowest BCUT2D eigenvalue weighted by molar-refractivity contribution is 0.174. The fourth-order valence-corrected chi connectivity index (χ4v) is 3.56. The summed E-state index contributed by atoms with van der Waals surface area (Å²) in [5, 5.41) is 0. The zero-order valence-corrected chi connectivity index (χ0v) is 14.3. The molecule has 0 aromatic carbocycles. The molecule has 20 heavy (non-hydrogen) atoms. The van der Waals surface area contributed by atoms with Crippen molar-refractivity contribution in [3.8, 4) is 0 Å². The van der Waals surface area contributed by atoms with Gasteiger partial charge in [0.1, 0.15) is 0 Å². The Bertz CT molecular complexity index is 242. The third-order valence-electron chi connectivity index (χ3n) is 5.00. The second-order valence-electron chi connectivity index (χ2n) is 6.94. The van der Waals surface area contributed by atoms with Gasteiger partial charge in [-0.2, -0.15) is 0 Å². The van der Waals surface area contributed by atoms with Gasteiger partial charge in [0.05, 0.1) is 0 Å². The van der Waals surface area contributed by atoms with Crippen LogP contribution < -0.4 is 5.73 Å². The highest BCUT2D eigenvalue weighted by Gasteiger charge is 2.22. The van der Waals surface area contributed by atoms with Crippen LogP contribution in [0.2, 0.25) is 0 Å². The number of nitrogens with zero attached hydrogens (tertiary/aromatic N) is 2. The van der Waals surface area contributed by atoms with Gasteiger partial charge in [-0.15, -0.1) is 0 Å². The number of hydrogen-bond acceptors (Lipinski definition) is 3. The van der Waals surface area contributed by atoms with E-state index in [0.29, 0.717) is 0 Å². The average Bonchev–Trinajstić information content (AvgIpc) is 2.59. The monoisotopic (exact) mass is 283 g/mol. The first-order chi connectivity index (χ1) is 9.58. The van der Waals surface area contributed by atoms with Gasteiger partial charge in [0.25, 0.3) is 0 Å². The molecule has 1 fully saturated rings. The summed E-state index contributed by atoms with van der Waals surface area (Å²) < 4.78 is 0. The standard InChI is InChI=1S/C17H37N3/c1-5-17-14-19(4)11-7-13-20(17)12-6-8-16(9-10-18)15(2)3/h15-17H,5-14,18H2,1-4H3. The van der Waals surface area contributed by atoms with Crippen molar-refractivity contribution in [1.29, 1.82) is 0 Å². The molecule has 3 heteroatoms. The second-order valence-corrected chi connectivity index (χ2v) is 6.94. The minimum absolute atomic E-state index is 0.759. The first-order valence-corrected chi connectivity index (χ1v) is 8.71. The average molecular weight is 284 g/mol. The minimum Gasteiger partial charge on any atom is -0.330 e. The molecular weight excluding hydrogens is 246 g/mol. The third kappa shape index (κ3) is 6.11. The summed E-state index contributed by atoms with van der Waals surface area (Å²) in [5.41, 5.74) is 5.75. The molecule has 0 amide bonds. The molecule has 3 nitrogen and oxygen atoms in total.